The summed E-state index contributed by atoms with van der Waals surface area (Å²) in [4.78, 5) is 23.9. The zero-order valence-electron chi connectivity index (χ0n) is 15.6. The topological polar surface area (TPSA) is 136 Å². The van der Waals surface area contributed by atoms with Crippen LogP contribution in [0.15, 0.2) is 53.4 Å². The number of nitrogens with one attached hydrogen (secondary N) is 1. The fourth-order valence-corrected chi connectivity index (χ4v) is 3.68. The number of aryl methyl sites for hydroxylation is 1. The number of rotatable bonds is 4. The molecule has 0 saturated heterocycles. The third kappa shape index (κ3) is 4.20. The molecule has 0 spiro atoms. The number of ether oxygens (including phenoxy) is 1. The van der Waals surface area contributed by atoms with Gasteiger partial charge in [-0.2, -0.15) is 8.42 Å². The molecular formula is C20H18N2O6S. The molecule has 3 rings (SSSR count). The molecule has 0 aliphatic heterocycles. The van der Waals surface area contributed by atoms with Gasteiger partial charge in [-0.1, -0.05) is 30.3 Å². The lowest BCUT2D eigenvalue weighted by atomic mass is 10.1. The predicted molar refractivity (Wildman–Crippen MR) is 109 cm³/mol. The van der Waals surface area contributed by atoms with E-state index in [0.717, 1.165) is 18.6 Å². The SMILES string of the molecule is CC(=O)Oc1cc(S(=O)(=O)O)c2ccccc2c1NC(=O)c1ccc(C)cc1N. The summed E-state index contributed by atoms with van der Waals surface area (Å²) in [6.07, 6.45) is 0. The maximum Gasteiger partial charge on any atom is 0.308 e. The van der Waals surface area contributed by atoms with Crippen LogP contribution >= 0.6 is 0 Å². The first-order valence-corrected chi connectivity index (χ1v) is 9.91. The minimum Gasteiger partial charge on any atom is -0.424 e. The normalized spacial score (nSPS) is 11.3. The number of benzene rings is 3. The number of anilines is 2. The van der Waals surface area contributed by atoms with Crippen LogP contribution in [-0.4, -0.2) is 24.8 Å². The van der Waals surface area contributed by atoms with Gasteiger partial charge in [0, 0.05) is 29.4 Å². The van der Waals surface area contributed by atoms with Crippen LogP contribution in [0.3, 0.4) is 0 Å². The predicted octanol–water partition coefficient (Wildman–Crippen LogP) is 3.15. The summed E-state index contributed by atoms with van der Waals surface area (Å²) in [5.41, 5.74) is 7.35. The van der Waals surface area contributed by atoms with Gasteiger partial charge < -0.3 is 15.8 Å². The molecule has 0 unspecified atom stereocenters. The van der Waals surface area contributed by atoms with E-state index in [-0.39, 0.29) is 33.5 Å². The highest BCUT2D eigenvalue weighted by Gasteiger charge is 2.23. The van der Waals surface area contributed by atoms with Crippen LogP contribution in [0, 0.1) is 6.92 Å². The van der Waals surface area contributed by atoms with E-state index in [1.165, 1.54) is 12.1 Å². The Morgan fingerprint density at radius 3 is 2.31 bits per heavy atom. The van der Waals surface area contributed by atoms with E-state index in [2.05, 4.69) is 5.32 Å². The first-order valence-electron chi connectivity index (χ1n) is 8.47. The molecule has 0 fully saturated rings. The Morgan fingerprint density at radius 1 is 1.07 bits per heavy atom. The van der Waals surface area contributed by atoms with Gasteiger partial charge in [-0.3, -0.25) is 14.1 Å². The number of carbonyl (C=O) groups is 2. The molecule has 3 aromatic carbocycles. The lowest BCUT2D eigenvalue weighted by Crippen LogP contribution is -2.16. The van der Waals surface area contributed by atoms with Crippen molar-refractivity contribution < 1.29 is 27.3 Å². The summed E-state index contributed by atoms with van der Waals surface area (Å²) in [5.74, 6) is -1.52. The lowest BCUT2D eigenvalue weighted by Gasteiger charge is -2.16. The summed E-state index contributed by atoms with van der Waals surface area (Å²) >= 11 is 0. The fourth-order valence-electron chi connectivity index (χ4n) is 2.97. The third-order valence-electron chi connectivity index (χ3n) is 4.19. The molecule has 0 atom stereocenters. The largest absolute Gasteiger partial charge is 0.424 e. The third-order valence-corrected chi connectivity index (χ3v) is 5.09. The van der Waals surface area contributed by atoms with Gasteiger partial charge in [-0.15, -0.1) is 0 Å². The Labute approximate surface area is 167 Å². The highest BCUT2D eigenvalue weighted by Crippen LogP contribution is 2.38. The fraction of sp³-hybridized carbons (Fsp3) is 0.100. The molecule has 0 aliphatic carbocycles. The smallest absolute Gasteiger partial charge is 0.308 e. The van der Waals surface area contributed by atoms with Crippen LogP contribution in [0.2, 0.25) is 0 Å². The second kappa shape index (κ2) is 7.53. The van der Waals surface area contributed by atoms with Gasteiger partial charge >= 0.3 is 5.97 Å². The second-order valence-corrected chi connectivity index (χ2v) is 7.80. The first-order chi connectivity index (χ1) is 13.6. The molecule has 150 valence electrons. The molecule has 0 aromatic heterocycles. The number of esters is 1. The van der Waals surface area contributed by atoms with E-state index in [0.29, 0.717) is 0 Å². The van der Waals surface area contributed by atoms with Crippen molar-refractivity contribution in [3.8, 4) is 5.75 Å². The average Bonchev–Trinajstić information content (AvgIpc) is 2.61. The van der Waals surface area contributed by atoms with Crippen molar-refractivity contribution in [2.24, 2.45) is 0 Å². The number of nitrogen functional groups attached to an aromatic ring is 1. The number of fused-ring (bicyclic) bond motifs is 1. The maximum absolute atomic E-state index is 12.8. The number of carbonyl (C=O) groups excluding carboxylic acids is 2. The second-order valence-electron chi connectivity index (χ2n) is 6.41. The molecule has 0 aliphatic rings. The zero-order valence-corrected chi connectivity index (χ0v) is 16.4. The van der Waals surface area contributed by atoms with Gasteiger partial charge in [0.2, 0.25) is 0 Å². The van der Waals surface area contributed by atoms with Crippen molar-refractivity contribution in [3.63, 3.8) is 0 Å². The van der Waals surface area contributed by atoms with Gasteiger partial charge in [0.25, 0.3) is 16.0 Å². The van der Waals surface area contributed by atoms with E-state index < -0.39 is 26.9 Å². The maximum atomic E-state index is 12.8. The van der Waals surface area contributed by atoms with Gasteiger partial charge in [0.05, 0.1) is 11.3 Å². The molecule has 3 aromatic rings. The van der Waals surface area contributed by atoms with E-state index in [1.54, 1.807) is 30.3 Å². The van der Waals surface area contributed by atoms with E-state index in [4.69, 9.17) is 10.5 Å². The van der Waals surface area contributed by atoms with Crippen LogP contribution in [0.1, 0.15) is 22.8 Å². The van der Waals surface area contributed by atoms with E-state index >= 15 is 0 Å². The van der Waals surface area contributed by atoms with Crippen LogP contribution in [0.5, 0.6) is 5.75 Å². The summed E-state index contributed by atoms with van der Waals surface area (Å²) in [6.45, 7) is 2.96. The monoisotopic (exact) mass is 414 g/mol. The highest BCUT2D eigenvalue weighted by atomic mass is 32.2. The van der Waals surface area contributed by atoms with Gasteiger partial charge in [0.15, 0.2) is 5.75 Å². The lowest BCUT2D eigenvalue weighted by molar-refractivity contribution is -0.131. The van der Waals surface area contributed by atoms with Crippen molar-refractivity contribution in [2.75, 3.05) is 11.1 Å². The van der Waals surface area contributed by atoms with Gasteiger partial charge in [-0.05, 0) is 24.6 Å². The Balaban J connectivity index is 2.22. The summed E-state index contributed by atoms with van der Waals surface area (Å²) < 4.78 is 38.4. The standard InChI is InChI=1S/C20H18N2O6S/c1-11-7-8-15(16(21)9-11)20(24)22-19-14-6-4-3-5-13(14)18(29(25,26)27)10-17(19)28-12(2)23/h3-10H,21H2,1-2H3,(H,22,24)(H,25,26,27). The van der Waals surface area contributed by atoms with Crippen LogP contribution < -0.4 is 15.8 Å². The summed E-state index contributed by atoms with van der Waals surface area (Å²) in [5, 5.41) is 3.05. The Kier molecular flexibility index (Phi) is 5.27. The molecule has 9 heteroatoms. The van der Waals surface area contributed by atoms with Gasteiger partial charge in [0.1, 0.15) is 4.90 Å². The number of amides is 1. The molecule has 0 saturated carbocycles. The van der Waals surface area contributed by atoms with Crippen molar-refractivity contribution in [1.29, 1.82) is 0 Å². The quantitative estimate of drug-likeness (QED) is 0.258. The van der Waals surface area contributed by atoms with E-state index in [1.807, 2.05) is 6.92 Å². The Bertz CT molecular complexity index is 1250. The van der Waals surface area contributed by atoms with Crippen LogP contribution in [0.25, 0.3) is 10.8 Å². The molecule has 1 amide bonds. The number of nitrogens with two attached hydrogens (primary N) is 1. The van der Waals surface area contributed by atoms with Crippen LogP contribution in [0.4, 0.5) is 11.4 Å². The molecular weight excluding hydrogens is 396 g/mol. The minimum absolute atomic E-state index is 0.0770. The Morgan fingerprint density at radius 2 is 1.72 bits per heavy atom. The van der Waals surface area contributed by atoms with Crippen molar-refractivity contribution in [3.05, 3.63) is 59.7 Å². The molecule has 4 N–H and O–H groups in total. The van der Waals surface area contributed by atoms with Crippen molar-refractivity contribution in [1.82, 2.24) is 0 Å². The van der Waals surface area contributed by atoms with Crippen molar-refractivity contribution >= 4 is 44.1 Å². The first kappa shape index (κ1) is 20.3. The molecule has 8 nitrogen and oxygen atoms in total. The Hall–Kier alpha value is -3.43. The highest BCUT2D eigenvalue weighted by molar-refractivity contribution is 7.86. The zero-order chi connectivity index (χ0) is 21.3. The van der Waals surface area contributed by atoms with E-state index in [9.17, 15) is 22.6 Å². The number of hydrogen-bond donors (Lipinski definition) is 3. The van der Waals surface area contributed by atoms with Gasteiger partial charge in [-0.25, -0.2) is 0 Å². The average molecular weight is 414 g/mol. The molecule has 0 bridgehead atoms. The molecule has 29 heavy (non-hydrogen) atoms. The van der Waals surface area contributed by atoms with Crippen LogP contribution in [-0.2, 0) is 14.9 Å². The van der Waals surface area contributed by atoms with Crippen molar-refractivity contribution in [2.45, 2.75) is 18.7 Å². The summed E-state index contributed by atoms with van der Waals surface area (Å²) in [7, 11) is -4.62. The number of hydrogen-bond acceptors (Lipinski definition) is 6. The summed E-state index contributed by atoms with van der Waals surface area (Å²) in [6, 6.07) is 12.1. The minimum atomic E-state index is -4.62. The molecule has 0 heterocycles. The molecule has 0 radical (unpaired) electrons.